The van der Waals surface area contributed by atoms with Crippen molar-refractivity contribution in [3.63, 3.8) is 0 Å². The Morgan fingerprint density at radius 3 is 2.80 bits per heavy atom. The second-order valence-corrected chi connectivity index (χ2v) is 6.57. The molecule has 3 rings (SSSR count). The van der Waals surface area contributed by atoms with Crippen LogP contribution in [0.2, 0.25) is 0 Å². The van der Waals surface area contributed by atoms with Gasteiger partial charge in [0.1, 0.15) is 0 Å². The quantitative estimate of drug-likeness (QED) is 0.824. The van der Waals surface area contributed by atoms with Crippen LogP contribution in [0.5, 0.6) is 0 Å². The summed E-state index contributed by atoms with van der Waals surface area (Å²) in [6, 6.07) is 16.8. The van der Waals surface area contributed by atoms with Crippen molar-refractivity contribution in [3.8, 4) is 12.3 Å². The number of terminal acetylenes is 1. The first-order valence-corrected chi connectivity index (χ1v) is 8.75. The lowest BCUT2D eigenvalue weighted by atomic mass is 10.1. The zero-order valence-electron chi connectivity index (χ0n) is 14.7. The number of rotatable bonds is 6. The Kier molecular flexibility index (Phi) is 5.53. The number of fused-ring (bicyclic) bond motifs is 1. The maximum atomic E-state index is 12.5. The number of nitrogens with zero attached hydrogens (tertiary/aromatic N) is 1. The van der Waals surface area contributed by atoms with E-state index in [2.05, 4.69) is 53.4 Å². The van der Waals surface area contributed by atoms with Crippen LogP contribution in [-0.2, 0) is 17.8 Å². The first kappa shape index (κ1) is 17.3. The third kappa shape index (κ3) is 4.10. The van der Waals surface area contributed by atoms with Crippen LogP contribution in [0, 0.1) is 19.3 Å². The number of aryl methyl sites for hydroxylation is 2. The van der Waals surface area contributed by atoms with Crippen LogP contribution >= 0.6 is 0 Å². The van der Waals surface area contributed by atoms with Gasteiger partial charge in [-0.2, -0.15) is 0 Å². The summed E-state index contributed by atoms with van der Waals surface area (Å²) in [7, 11) is 0. The molecular weight excluding hydrogens is 308 g/mol. The first-order chi connectivity index (χ1) is 12.2. The van der Waals surface area contributed by atoms with Crippen LogP contribution in [0.3, 0.4) is 0 Å². The van der Waals surface area contributed by atoms with Crippen molar-refractivity contribution in [2.24, 2.45) is 0 Å². The summed E-state index contributed by atoms with van der Waals surface area (Å²) in [5.74, 6) is 2.73. The molecule has 0 heterocycles. The lowest BCUT2D eigenvalue weighted by Gasteiger charge is -2.27. The fourth-order valence-electron chi connectivity index (χ4n) is 3.55. The summed E-state index contributed by atoms with van der Waals surface area (Å²) >= 11 is 0. The molecule has 1 amide bonds. The third-order valence-electron chi connectivity index (χ3n) is 4.92. The van der Waals surface area contributed by atoms with Crippen LogP contribution in [0.4, 0.5) is 0 Å². The molecule has 0 fully saturated rings. The number of benzene rings is 2. The topological polar surface area (TPSA) is 32.3 Å². The average Bonchev–Trinajstić information content (AvgIpc) is 3.05. The van der Waals surface area contributed by atoms with Crippen molar-refractivity contribution < 1.29 is 4.79 Å². The van der Waals surface area contributed by atoms with Crippen molar-refractivity contribution in [1.29, 1.82) is 0 Å². The molecule has 2 aromatic carbocycles. The van der Waals surface area contributed by atoms with Crippen LogP contribution in [0.15, 0.2) is 48.5 Å². The Morgan fingerprint density at radius 2 is 2.00 bits per heavy atom. The summed E-state index contributed by atoms with van der Waals surface area (Å²) in [4.78, 5) is 14.6. The Bertz CT molecular complexity index is 791. The Balaban J connectivity index is 1.63. The van der Waals surface area contributed by atoms with E-state index in [0.717, 1.165) is 18.4 Å². The predicted octanol–water partition coefficient (Wildman–Crippen LogP) is 3.23. The van der Waals surface area contributed by atoms with E-state index in [1.165, 1.54) is 16.7 Å². The number of carbonyl (C=O) groups excluding carboxylic acids is 1. The molecule has 2 aromatic rings. The van der Waals surface area contributed by atoms with E-state index in [4.69, 9.17) is 6.42 Å². The second kappa shape index (κ2) is 8.00. The molecule has 0 aromatic heterocycles. The van der Waals surface area contributed by atoms with Gasteiger partial charge in [-0.1, -0.05) is 54.5 Å². The van der Waals surface area contributed by atoms with E-state index in [1.807, 2.05) is 18.2 Å². The molecule has 1 atom stereocenters. The molecule has 3 nitrogen and oxygen atoms in total. The van der Waals surface area contributed by atoms with Gasteiger partial charge in [0.25, 0.3) is 0 Å². The van der Waals surface area contributed by atoms with Gasteiger partial charge >= 0.3 is 0 Å². The van der Waals surface area contributed by atoms with E-state index in [0.29, 0.717) is 19.6 Å². The Morgan fingerprint density at radius 1 is 1.24 bits per heavy atom. The minimum absolute atomic E-state index is 0.0166. The summed E-state index contributed by atoms with van der Waals surface area (Å²) < 4.78 is 0. The molecule has 1 aliphatic rings. The van der Waals surface area contributed by atoms with Crippen molar-refractivity contribution >= 4 is 5.91 Å². The maximum absolute atomic E-state index is 12.5. The van der Waals surface area contributed by atoms with Gasteiger partial charge in [-0.3, -0.25) is 9.69 Å². The van der Waals surface area contributed by atoms with Crippen molar-refractivity contribution in [3.05, 3.63) is 70.8 Å². The van der Waals surface area contributed by atoms with Gasteiger partial charge in [0, 0.05) is 12.6 Å². The maximum Gasteiger partial charge on any atom is 0.234 e. The van der Waals surface area contributed by atoms with Gasteiger partial charge < -0.3 is 5.32 Å². The first-order valence-electron chi connectivity index (χ1n) is 8.75. The summed E-state index contributed by atoms with van der Waals surface area (Å²) in [5, 5.41) is 3.03. The third-order valence-corrected chi connectivity index (χ3v) is 4.92. The lowest BCUT2D eigenvalue weighted by Crippen LogP contribution is -2.39. The Labute approximate surface area is 150 Å². The molecule has 0 saturated carbocycles. The largest absolute Gasteiger partial charge is 0.351 e. The molecule has 0 bridgehead atoms. The Hall–Kier alpha value is -2.57. The van der Waals surface area contributed by atoms with Gasteiger partial charge in [-0.05, 0) is 42.0 Å². The van der Waals surface area contributed by atoms with Crippen LogP contribution in [0.25, 0.3) is 0 Å². The van der Waals surface area contributed by atoms with Gasteiger partial charge in [0.15, 0.2) is 0 Å². The van der Waals surface area contributed by atoms with E-state index in [9.17, 15) is 4.79 Å². The van der Waals surface area contributed by atoms with Gasteiger partial charge in [0.05, 0.1) is 13.1 Å². The molecular formula is C22H24N2O. The summed E-state index contributed by atoms with van der Waals surface area (Å²) in [6.07, 6.45) is 7.62. The highest BCUT2D eigenvalue weighted by atomic mass is 16.2. The average molecular weight is 332 g/mol. The molecule has 25 heavy (non-hydrogen) atoms. The molecule has 1 aliphatic carbocycles. The normalized spacial score (nSPS) is 15.6. The zero-order valence-corrected chi connectivity index (χ0v) is 14.7. The smallest absolute Gasteiger partial charge is 0.234 e. The fraction of sp³-hybridized carbons (Fsp3) is 0.318. The molecule has 1 unspecified atom stereocenters. The predicted molar refractivity (Wildman–Crippen MR) is 101 cm³/mol. The minimum atomic E-state index is 0.0166. The second-order valence-electron chi connectivity index (χ2n) is 6.57. The zero-order chi connectivity index (χ0) is 17.6. The highest BCUT2D eigenvalue weighted by molar-refractivity contribution is 5.78. The number of hydrogen-bond acceptors (Lipinski definition) is 2. The van der Waals surface area contributed by atoms with Crippen LogP contribution in [-0.4, -0.2) is 23.9 Å². The SMILES string of the molecule is C#CCN(CC(=O)NCc1ccccc1C)C1CCc2ccccc21. The molecule has 0 spiro atoms. The molecule has 3 heteroatoms. The van der Waals surface area contributed by atoms with Gasteiger partial charge in [-0.15, -0.1) is 6.42 Å². The molecule has 0 aliphatic heterocycles. The number of hydrogen-bond donors (Lipinski definition) is 1. The summed E-state index contributed by atoms with van der Waals surface area (Å²) in [6.45, 7) is 3.42. The lowest BCUT2D eigenvalue weighted by molar-refractivity contribution is -0.122. The molecule has 0 radical (unpaired) electrons. The standard InChI is InChI=1S/C22H24N2O/c1-3-14-24(21-13-12-18-9-6-7-11-20(18)21)16-22(25)23-15-19-10-5-4-8-17(19)2/h1,4-11,21H,12-16H2,2H3,(H,23,25). The van der Waals surface area contributed by atoms with E-state index in [1.54, 1.807) is 0 Å². The number of carbonyl (C=O) groups is 1. The van der Waals surface area contributed by atoms with Gasteiger partial charge in [0.2, 0.25) is 5.91 Å². The number of amides is 1. The van der Waals surface area contributed by atoms with Crippen molar-refractivity contribution in [2.75, 3.05) is 13.1 Å². The highest BCUT2D eigenvalue weighted by Crippen LogP contribution is 2.35. The van der Waals surface area contributed by atoms with Crippen LogP contribution < -0.4 is 5.32 Å². The highest BCUT2D eigenvalue weighted by Gasteiger charge is 2.28. The number of nitrogens with one attached hydrogen (secondary N) is 1. The van der Waals surface area contributed by atoms with Crippen LogP contribution in [0.1, 0.15) is 34.7 Å². The van der Waals surface area contributed by atoms with Crippen molar-refractivity contribution in [1.82, 2.24) is 10.2 Å². The van der Waals surface area contributed by atoms with Crippen molar-refractivity contribution in [2.45, 2.75) is 32.4 Å². The van der Waals surface area contributed by atoms with E-state index >= 15 is 0 Å². The monoisotopic (exact) mass is 332 g/mol. The molecule has 128 valence electrons. The van der Waals surface area contributed by atoms with E-state index < -0.39 is 0 Å². The summed E-state index contributed by atoms with van der Waals surface area (Å²) in [5.41, 5.74) is 5.01. The molecule has 0 saturated heterocycles. The van der Waals surface area contributed by atoms with E-state index in [-0.39, 0.29) is 11.9 Å². The minimum Gasteiger partial charge on any atom is -0.351 e. The fourth-order valence-corrected chi connectivity index (χ4v) is 3.55. The van der Waals surface area contributed by atoms with Gasteiger partial charge in [-0.25, -0.2) is 0 Å². The molecule has 1 N–H and O–H groups in total.